The number of hydrogen-bond donors (Lipinski definition) is 2. The Bertz CT molecular complexity index is 1390. The number of benzene rings is 2. The molecule has 40 heavy (non-hydrogen) atoms. The number of amides is 3. The van der Waals surface area contributed by atoms with E-state index in [0.29, 0.717) is 42.2 Å². The molecule has 1 aliphatic rings. The van der Waals surface area contributed by atoms with Crippen LogP contribution in [0.4, 0.5) is 10.7 Å². The summed E-state index contributed by atoms with van der Waals surface area (Å²) in [5.74, 6) is -0.857. The van der Waals surface area contributed by atoms with Gasteiger partial charge in [-0.3, -0.25) is 14.4 Å². The monoisotopic (exact) mass is 579 g/mol. The van der Waals surface area contributed by atoms with Gasteiger partial charge in [0.05, 0.1) is 18.7 Å². The molecule has 1 unspecified atom stereocenters. The molecule has 0 aliphatic carbocycles. The predicted octanol–water partition coefficient (Wildman–Crippen LogP) is 6.04. The van der Waals surface area contributed by atoms with Crippen LogP contribution in [-0.2, 0) is 32.1 Å². The van der Waals surface area contributed by atoms with Crippen LogP contribution in [0.1, 0.15) is 65.2 Å². The number of thioether (sulfide) groups is 1. The van der Waals surface area contributed by atoms with Crippen molar-refractivity contribution in [3.05, 3.63) is 76.2 Å². The van der Waals surface area contributed by atoms with Gasteiger partial charge in [-0.1, -0.05) is 43.3 Å². The van der Waals surface area contributed by atoms with Crippen molar-refractivity contribution in [2.75, 3.05) is 23.8 Å². The number of nitrogens with one attached hydrogen (secondary N) is 2. The summed E-state index contributed by atoms with van der Waals surface area (Å²) < 4.78 is 5.35. The van der Waals surface area contributed by atoms with Crippen molar-refractivity contribution in [2.24, 2.45) is 0 Å². The summed E-state index contributed by atoms with van der Waals surface area (Å²) >= 11 is 2.67. The van der Waals surface area contributed by atoms with Crippen molar-refractivity contribution in [3.63, 3.8) is 0 Å². The van der Waals surface area contributed by atoms with Crippen LogP contribution >= 0.6 is 23.1 Å². The highest BCUT2D eigenvalue weighted by molar-refractivity contribution is 8.00. The molecule has 3 aromatic rings. The molecule has 2 heterocycles. The standard InChI is InChI=1S/C30H33N3O5S2/c1-4-10-25(35)31-21-13-9-14-22(17-21)39-27(20-11-7-6-8-12-20)28(36)32-29-26(30(37)38-5-2)23-15-16-33(19(3)34)18-24(23)40-29/h6-9,11-14,17,27H,4-5,10,15-16,18H2,1-3H3,(H,31,35)(H,32,36). The van der Waals surface area contributed by atoms with Crippen molar-refractivity contribution in [1.82, 2.24) is 4.90 Å². The van der Waals surface area contributed by atoms with E-state index in [1.807, 2.05) is 61.5 Å². The predicted molar refractivity (Wildman–Crippen MR) is 159 cm³/mol. The number of thiophene rings is 1. The lowest BCUT2D eigenvalue weighted by Crippen LogP contribution is -2.34. The summed E-state index contributed by atoms with van der Waals surface area (Å²) in [5, 5.41) is 5.72. The Balaban J connectivity index is 1.64. The molecule has 3 amide bonds. The lowest BCUT2D eigenvalue weighted by atomic mass is 10.0. The van der Waals surface area contributed by atoms with Crippen LogP contribution in [0.15, 0.2) is 59.5 Å². The van der Waals surface area contributed by atoms with Gasteiger partial charge in [0, 0.05) is 35.3 Å². The van der Waals surface area contributed by atoms with E-state index in [2.05, 4.69) is 10.6 Å². The van der Waals surface area contributed by atoms with Gasteiger partial charge in [-0.2, -0.15) is 0 Å². The summed E-state index contributed by atoms with van der Waals surface area (Å²) in [6.45, 7) is 6.33. The van der Waals surface area contributed by atoms with Gasteiger partial charge in [-0.15, -0.1) is 23.1 Å². The number of esters is 1. The minimum absolute atomic E-state index is 0.0315. The molecule has 210 valence electrons. The fourth-order valence-electron chi connectivity index (χ4n) is 4.49. The van der Waals surface area contributed by atoms with E-state index in [4.69, 9.17) is 4.74 Å². The van der Waals surface area contributed by atoms with E-state index in [-0.39, 0.29) is 24.3 Å². The van der Waals surface area contributed by atoms with Crippen LogP contribution < -0.4 is 10.6 Å². The molecule has 0 saturated carbocycles. The van der Waals surface area contributed by atoms with Crippen LogP contribution in [0.2, 0.25) is 0 Å². The maximum atomic E-state index is 13.9. The van der Waals surface area contributed by atoms with Crippen molar-refractivity contribution < 1.29 is 23.9 Å². The molecular weight excluding hydrogens is 546 g/mol. The highest BCUT2D eigenvalue weighted by atomic mass is 32.2. The van der Waals surface area contributed by atoms with Crippen LogP contribution in [0, 0.1) is 0 Å². The minimum Gasteiger partial charge on any atom is -0.462 e. The van der Waals surface area contributed by atoms with Gasteiger partial charge >= 0.3 is 5.97 Å². The number of ether oxygens (including phenoxy) is 1. The molecular formula is C30H33N3O5S2. The molecule has 0 fully saturated rings. The maximum Gasteiger partial charge on any atom is 0.341 e. The Morgan fingerprint density at radius 3 is 2.52 bits per heavy atom. The summed E-state index contributed by atoms with van der Waals surface area (Å²) in [7, 11) is 0. The number of rotatable bonds is 10. The van der Waals surface area contributed by atoms with E-state index in [9.17, 15) is 19.2 Å². The summed E-state index contributed by atoms with van der Waals surface area (Å²) in [6.07, 6.45) is 1.70. The van der Waals surface area contributed by atoms with Gasteiger partial charge in [-0.05, 0) is 49.1 Å². The second-order valence-corrected chi connectivity index (χ2v) is 11.6. The fourth-order valence-corrected chi connectivity index (χ4v) is 6.83. The van der Waals surface area contributed by atoms with Gasteiger partial charge < -0.3 is 20.3 Å². The Kier molecular flexibility index (Phi) is 10.0. The number of anilines is 2. The number of nitrogens with zero attached hydrogens (tertiary/aromatic N) is 1. The highest BCUT2D eigenvalue weighted by Crippen LogP contribution is 2.41. The maximum absolute atomic E-state index is 13.9. The molecule has 1 aromatic heterocycles. The van der Waals surface area contributed by atoms with Crippen LogP contribution in [-0.4, -0.2) is 41.7 Å². The van der Waals surface area contributed by atoms with Crippen molar-refractivity contribution in [1.29, 1.82) is 0 Å². The van der Waals surface area contributed by atoms with Crippen LogP contribution in [0.3, 0.4) is 0 Å². The van der Waals surface area contributed by atoms with Crippen molar-refractivity contribution in [2.45, 2.75) is 56.7 Å². The SMILES string of the molecule is CCCC(=O)Nc1cccc(SC(C(=O)Nc2sc3c(c2C(=O)OCC)CCN(C(C)=O)C3)c2ccccc2)c1. The fraction of sp³-hybridized carbons (Fsp3) is 0.333. The number of carbonyl (C=O) groups excluding carboxylic acids is 4. The summed E-state index contributed by atoms with van der Waals surface area (Å²) in [5.41, 5.74) is 2.67. The van der Waals surface area contributed by atoms with E-state index in [1.54, 1.807) is 11.8 Å². The zero-order valence-electron chi connectivity index (χ0n) is 22.8. The van der Waals surface area contributed by atoms with Gasteiger partial charge in [-0.25, -0.2) is 4.79 Å². The third kappa shape index (κ3) is 7.11. The van der Waals surface area contributed by atoms with E-state index >= 15 is 0 Å². The lowest BCUT2D eigenvalue weighted by molar-refractivity contribution is -0.129. The Hall–Kier alpha value is -3.63. The number of hydrogen-bond acceptors (Lipinski definition) is 7. The minimum atomic E-state index is -0.634. The van der Waals surface area contributed by atoms with Gasteiger partial charge in [0.1, 0.15) is 10.3 Å². The molecule has 0 bridgehead atoms. The molecule has 0 spiro atoms. The molecule has 10 heteroatoms. The quantitative estimate of drug-likeness (QED) is 0.224. The van der Waals surface area contributed by atoms with Crippen LogP contribution in [0.5, 0.6) is 0 Å². The van der Waals surface area contributed by atoms with E-state index < -0.39 is 11.2 Å². The number of fused-ring (bicyclic) bond motifs is 1. The Labute approximate surface area is 242 Å². The topological polar surface area (TPSA) is 105 Å². The van der Waals surface area contributed by atoms with E-state index in [1.165, 1.54) is 30.0 Å². The van der Waals surface area contributed by atoms with Crippen LogP contribution in [0.25, 0.3) is 0 Å². The molecule has 2 N–H and O–H groups in total. The van der Waals surface area contributed by atoms with Gasteiger partial charge in [0.25, 0.3) is 0 Å². The summed E-state index contributed by atoms with van der Waals surface area (Å²) in [6, 6.07) is 16.8. The first kappa shape index (κ1) is 29.4. The Morgan fingerprint density at radius 1 is 1.05 bits per heavy atom. The smallest absolute Gasteiger partial charge is 0.341 e. The van der Waals surface area contributed by atoms with Gasteiger partial charge in [0.2, 0.25) is 17.7 Å². The first-order valence-corrected chi connectivity index (χ1v) is 15.0. The second kappa shape index (κ2) is 13.6. The molecule has 4 rings (SSSR count). The zero-order valence-corrected chi connectivity index (χ0v) is 24.5. The van der Waals surface area contributed by atoms with Gasteiger partial charge in [0.15, 0.2) is 0 Å². The summed E-state index contributed by atoms with van der Waals surface area (Å²) in [4.78, 5) is 54.4. The zero-order chi connectivity index (χ0) is 28.6. The lowest BCUT2D eigenvalue weighted by Gasteiger charge is -2.25. The second-order valence-electron chi connectivity index (χ2n) is 9.34. The molecule has 0 saturated heterocycles. The Morgan fingerprint density at radius 2 is 1.82 bits per heavy atom. The highest BCUT2D eigenvalue weighted by Gasteiger charge is 2.32. The first-order chi connectivity index (χ1) is 19.3. The molecule has 1 atom stereocenters. The normalized spacial score (nSPS) is 13.2. The van der Waals surface area contributed by atoms with E-state index in [0.717, 1.165) is 27.3 Å². The average Bonchev–Trinajstić information content (AvgIpc) is 3.29. The van der Waals surface area contributed by atoms with Crippen molar-refractivity contribution >= 4 is 57.5 Å². The molecule has 1 aliphatic heterocycles. The molecule has 8 nitrogen and oxygen atoms in total. The average molecular weight is 580 g/mol. The third-order valence-corrected chi connectivity index (χ3v) is 8.79. The number of carbonyl (C=O) groups is 4. The van der Waals surface area contributed by atoms with Crippen molar-refractivity contribution in [3.8, 4) is 0 Å². The first-order valence-electron chi connectivity index (χ1n) is 13.3. The molecule has 2 aromatic carbocycles. The molecule has 0 radical (unpaired) electrons. The largest absolute Gasteiger partial charge is 0.462 e. The third-order valence-electron chi connectivity index (χ3n) is 6.41.